The summed E-state index contributed by atoms with van der Waals surface area (Å²) >= 11 is 1.37. The number of halogens is 2. The Morgan fingerprint density at radius 1 is 1.00 bits per heavy atom. The largest absolute Gasteiger partial charge is 0.493 e. The molecule has 3 aromatic carbocycles. The van der Waals surface area contributed by atoms with Gasteiger partial charge >= 0.3 is 0 Å². The number of amides is 1. The van der Waals surface area contributed by atoms with E-state index >= 15 is 0 Å². The van der Waals surface area contributed by atoms with Crippen LogP contribution in [-0.2, 0) is 26.3 Å². The number of hydrogen-bond donors (Lipinski definition) is 1. The topological polar surface area (TPSA) is 71.9 Å². The van der Waals surface area contributed by atoms with Crippen LogP contribution in [0.25, 0.3) is 0 Å². The number of aliphatic hydroxyl groups is 1. The maximum atomic E-state index is 14.4. The number of benzene rings is 3. The summed E-state index contributed by atoms with van der Waals surface area (Å²) < 4.78 is 39.2. The van der Waals surface area contributed by atoms with E-state index in [9.17, 15) is 18.7 Å². The zero-order chi connectivity index (χ0) is 25.5. The number of ether oxygens (including phenoxy) is 2. The maximum absolute atomic E-state index is 14.4. The minimum absolute atomic E-state index is 0.0481. The molecule has 0 aliphatic carbocycles. The Hall–Kier alpha value is -3.82. The van der Waals surface area contributed by atoms with Crippen LogP contribution in [0.2, 0.25) is 0 Å². The molecule has 1 heterocycles. The number of hydrogen-bond acceptors (Lipinski definition) is 6. The van der Waals surface area contributed by atoms with E-state index in [4.69, 9.17) is 9.47 Å². The summed E-state index contributed by atoms with van der Waals surface area (Å²) in [7, 11) is 1.53. The Balaban J connectivity index is 1.59. The van der Waals surface area contributed by atoms with Gasteiger partial charge in [0.1, 0.15) is 23.2 Å². The van der Waals surface area contributed by atoms with Crippen molar-refractivity contribution in [3.8, 4) is 11.5 Å². The third kappa shape index (κ3) is 6.24. The number of methoxy groups -OCH3 is 1. The molecule has 1 amide bonds. The van der Waals surface area contributed by atoms with Crippen molar-refractivity contribution < 1.29 is 28.2 Å². The number of thiazole rings is 1. The molecule has 1 N–H and O–H groups in total. The van der Waals surface area contributed by atoms with Crippen molar-refractivity contribution in [2.24, 2.45) is 0 Å². The molecule has 0 aliphatic rings. The van der Waals surface area contributed by atoms with Gasteiger partial charge in [-0.25, -0.2) is 13.8 Å². The first-order valence-electron chi connectivity index (χ1n) is 11.1. The highest BCUT2D eigenvalue weighted by molar-refractivity contribution is 7.09. The highest BCUT2D eigenvalue weighted by atomic mass is 32.1. The highest BCUT2D eigenvalue weighted by Crippen LogP contribution is 2.30. The minimum Gasteiger partial charge on any atom is -0.493 e. The van der Waals surface area contributed by atoms with Crippen molar-refractivity contribution in [2.75, 3.05) is 7.11 Å². The molecule has 4 rings (SSSR count). The van der Waals surface area contributed by atoms with E-state index in [2.05, 4.69) is 4.98 Å². The van der Waals surface area contributed by atoms with Crippen molar-refractivity contribution in [3.63, 3.8) is 0 Å². The number of carbonyl (C=O) groups is 1. The Kier molecular flexibility index (Phi) is 8.24. The summed E-state index contributed by atoms with van der Waals surface area (Å²) in [5.41, 5.74) is 1.96. The molecule has 4 aromatic rings. The third-order valence-corrected chi connectivity index (χ3v) is 6.26. The van der Waals surface area contributed by atoms with E-state index in [0.717, 1.165) is 5.56 Å². The van der Waals surface area contributed by atoms with Gasteiger partial charge in [-0.05, 0) is 47.5 Å². The van der Waals surface area contributed by atoms with Gasteiger partial charge in [0.25, 0.3) is 5.91 Å². The molecule has 0 fully saturated rings. The van der Waals surface area contributed by atoms with Gasteiger partial charge in [-0.15, -0.1) is 11.3 Å². The SMILES string of the molecule is COc1ccc(CN(Cc2ccc(F)cc2)C(=O)c2ccccc2F)cc1OCc1nc(CO)cs1. The van der Waals surface area contributed by atoms with Crippen LogP contribution in [-0.4, -0.2) is 28.0 Å². The first-order valence-corrected chi connectivity index (χ1v) is 12.0. The average Bonchev–Trinajstić information content (AvgIpc) is 3.36. The standard InChI is InChI=1S/C27H24F2N2O4S/c1-34-24-11-8-19(12-25(24)35-16-26-30-21(15-32)17-36-26)14-31(13-18-6-9-20(28)10-7-18)27(33)22-4-2-3-5-23(22)29/h2-12,17,32H,13-16H2,1H3. The van der Waals surface area contributed by atoms with Crippen LogP contribution in [0.4, 0.5) is 8.78 Å². The lowest BCUT2D eigenvalue weighted by molar-refractivity contribution is 0.0725. The molecule has 36 heavy (non-hydrogen) atoms. The van der Waals surface area contributed by atoms with E-state index in [1.807, 2.05) is 0 Å². The fraction of sp³-hybridized carbons (Fsp3) is 0.185. The number of carbonyl (C=O) groups excluding carboxylic acids is 1. The number of rotatable bonds is 10. The van der Waals surface area contributed by atoms with Crippen LogP contribution >= 0.6 is 11.3 Å². The molecule has 0 saturated carbocycles. The Labute approximate surface area is 211 Å². The van der Waals surface area contributed by atoms with Crippen LogP contribution in [0.3, 0.4) is 0 Å². The van der Waals surface area contributed by atoms with Crippen molar-refractivity contribution in [1.29, 1.82) is 0 Å². The molecular formula is C27H24F2N2O4S. The van der Waals surface area contributed by atoms with Gasteiger partial charge in [0.15, 0.2) is 11.5 Å². The summed E-state index contributed by atoms with van der Waals surface area (Å²) in [6.07, 6.45) is 0. The van der Waals surface area contributed by atoms with Crippen LogP contribution in [0.1, 0.15) is 32.2 Å². The summed E-state index contributed by atoms with van der Waals surface area (Å²) in [5, 5.41) is 11.7. The van der Waals surface area contributed by atoms with Crippen molar-refractivity contribution >= 4 is 17.2 Å². The lowest BCUT2D eigenvalue weighted by atomic mass is 10.1. The average molecular weight is 511 g/mol. The van der Waals surface area contributed by atoms with Crippen molar-refractivity contribution in [3.05, 3.63) is 111 Å². The van der Waals surface area contributed by atoms with Crippen LogP contribution in [0, 0.1) is 11.6 Å². The van der Waals surface area contributed by atoms with Gasteiger partial charge in [-0.2, -0.15) is 0 Å². The molecular weight excluding hydrogens is 486 g/mol. The van der Waals surface area contributed by atoms with Crippen molar-refractivity contribution in [2.45, 2.75) is 26.3 Å². The minimum atomic E-state index is -0.615. The zero-order valence-electron chi connectivity index (χ0n) is 19.5. The van der Waals surface area contributed by atoms with Gasteiger partial charge in [0.05, 0.1) is 25.0 Å². The lowest BCUT2D eigenvalue weighted by Crippen LogP contribution is -2.30. The molecule has 0 unspecified atom stereocenters. The third-order valence-electron chi connectivity index (χ3n) is 5.39. The second-order valence-corrected chi connectivity index (χ2v) is 8.87. The van der Waals surface area contributed by atoms with Gasteiger partial charge in [-0.1, -0.05) is 30.3 Å². The molecule has 186 valence electrons. The Bertz CT molecular complexity index is 1330. The van der Waals surface area contributed by atoms with E-state index in [1.54, 1.807) is 41.8 Å². The number of aliphatic hydroxyl groups excluding tert-OH is 1. The maximum Gasteiger partial charge on any atom is 0.257 e. The molecule has 9 heteroatoms. The van der Waals surface area contributed by atoms with Crippen LogP contribution in [0.15, 0.2) is 72.1 Å². The number of nitrogens with zero attached hydrogens (tertiary/aromatic N) is 2. The molecule has 0 bridgehead atoms. The molecule has 0 spiro atoms. The van der Waals surface area contributed by atoms with Gasteiger partial charge in [0, 0.05) is 18.5 Å². The summed E-state index contributed by atoms with van der Waals surface area (Å²) in [5.74, 6) is -0.529. The summed E-state index contributed by atoms with van der Waals surface area (Å²) in [4.78, 5) is 19.1. The van der Waals surface area contributed by atoms with E-state index in [0.29, 0.717) is 27.8 Å². The Morgan fingerprint density at radius 2 is 1.72 bits per heavy atom. The second kappa shape index (κ2) is 11.7. The fourth-order valence-corrected chi connectivity index (χ4v) is 4.29. The van der Waals surface area contributed by atoms with E-state index < -0.39 is 11.7 Å². The van der Waals surface area contributed by atoms with Gasteiger partial charge < -0.3 is 19.5 Å². The smallest absolute Gasteiger partial charge is 0.257 e. The lowest BCUT2D eigenvalue weighted by Gasteiger charge is -2.24. The predicted molar refractivity (Wildman–Crippen MR) is 132 cm³/mol. The first kappa shape index (κ1) is 25.3. The van der Waals surface area contributed by atoms with E-state index in [-0.39, 0.29) is 37.7 Å². The number of aromatic nitrogens is 1. The molecule has 0 aliphatic heterocycles. The molecule has 0 atom stereocenters. The van der Waals surface area contributed by atoms with Crippen molar-refractivity contribution in [1.82, 2.24) is 9.88 Å². The summed E-state index contributed by atoms with van der Waals surface area (Å²) in [6, 6.07) is 16.9. The quantitative estimate of drug-likeness (QED) is 0.312. The molecule has 0 saturated heterocycles. The normalized spacial score (nSPS) is 10.8. The van der Waals surface area contributed by atoms with Crippen LogP contribution in [0.5, 0.6) is 11.5 Å². The molecule has 6 nitrogen and oxygen atoms in total. The monoisotopic (exact) mass is 510 g/mol. The fourth-order valence-electron chi connectivity index (χ4n) is 3.59. The first-order chi connectivity index (χ1) is 17.5. The second-order valence-electron chi connectivity index (χ2n) is 7.93. The van der Waals surface area contributed by atoms with Gasteiger partial charge in [-0.3, -0.25) is 4.79 Å². The van der Waals surface area contributed by atoms with Gasteiger partial charge in [0.2, 0.25) is 0 Å². The Morgan fingerprint density at radius 3 is 2.42 bits per heavy atom. The molecule has 0 radical (unpaired) electrons. The predicted octanol–water partition coefficient (Wildman–Crippen LogP) is 5.34. The summed E-state index contributed by atoms with van der Waals surface area (Å²) in [6.45, 7) is 0.336. The molecule has 1 aromatic heterocycles. The zero-order valence-corrected chi connectivity index (χ0v) is 20.3. The van der Waals surface area contributed by atoms with Crippen LogP contribution < -0.4 is 9.47 Å². The highest BCUT2D eigenvalue weighted by Gasteiger charge is 2.21. The van der Waals surface area contributed by atoms with E-state index in [1.165, 1.54) is 53.7 Å².